The lowest BCUT2D eigenvalue weighted by Crippen LogP contribution is -2.25. The molecule has 2 rings (SSSR count). The Morgan fingerprint density at radius 1 is 1.24 bits per heavy atom. The van der Waals surface area contributed by atoms with Crippen molar-refractivity contribution < 1.29 is 4.39 Å². The molecule has 0 spiro atoms. The van der Waals surface area contributed by atoms with Gasteiger partial charge in [-0.25, -0.2) is 4.39 Å². The summed E-state index contributed by atoms with van der Waals surface area (Å²) in [5.74, 6) is 0.651. The summed E-state index contributed by atoms with van der Waals surface area (Å²) < 4.78 is 14.0. The van der Waals surface area contributed by atoms with Crippen LogP contribution in [0.15, 0.2) is 16.6 Å². The largest absolute Gasteiger partial charge is 0.382 e. The Bertz CT molecular complexity index is 397. The Morgan fingerprint density at radius 2 is 1.88 bits per heavy atom. The zero-order valence-corrected chi connectivity index (χ0v) is 12.0. The predicted molar refractivity (Wildman–Crippen MR) is 73.9 cm³/mol. The van der Waals surface area contributed by atoms with E-state index in [1.807, 2.05) is 13.0 Å². The average Bonchev–Trinajstić information content (AvgIpc) is 2.29. The monoisotopic (exact) mass is 299 g/mol. The Hall–Kier alpha value is -0.570. The molecule has 94 valence electrons. The number of hydrogen-bond acceptors (Lipinski definition) is 1. The summed E-state index contributed by atoms with van der Waals surface area (Å²) in [4.78, 5) is 0. The first-order chi connectivity index (χ1) is 8.06. The number of benzene rings is 1. The van der Waals surface area contributed by atoms with Gasteiger partial charge >= 0.3 is 0 Å². The van der Waals surface area contributed by atoms with Crippen molar-refractivity contribution in [1.29, 1.82) is 0 Å². The molecule has 0 atom stereocenters. The third-order valence-corrected chi connectivity index (χ3v) is 4.25. The van der Waals surface area contributed by atoms with E-state index in [1.54, 1.807) is 6.07 Å². The lowest BCUT2D eigenvalue weighted by molar-refractivity contribution is 0.361. The summed E-state index contributed by atoms with van der Waals surface area (Å²) in [5, 5.41) is 3.48. The minimum atomic E-state index is -0.192. The van der Waals surface area contributed by atoms with E-state index >= 15 is 0 Å². The first kappa shape index (κ1) is 12.9. The van der Waals surface area contributed by atoms with Gasteiger partial charge in [-0.2, -0.15) is 0 Å². The highest BCUT2D eigenvalue weighted by molar-refractivity contribution is 9.10. The summed E-state index contributed by atoms with van der Waals surface area (Å²) >= 11 is 3.21. The van der Waals surface area contributed by atoms with Crippen LogP contribution in [0.5, 0.6) is 0 Å². The fourth-order valence-corrected chi connectivity index (χ4v) is 2.88. The van der Waals surface area contributed by atoms with Crippen LogP contribution in [-0.2, 0) is 0 Å². The molecule has 1 nitrogen and oxygen atoms in total. The van der Waals surface area contributed by atoms with Crippen LogP contribution < -0.4 is 5.32 Å². The molecule has 1 aromatic rings. The molecule has 1 saturated carbocycles. The minimum absolute atomic E-state index is 0.192. The minimum Gasteiger partial charge on any atom is -0.382 e. The number of halogens is 2. The van der Waals surface area contributed by atoms with Crippen molar-refractivity contribution in [3.63, 3.8) is 0 Å². The number of hydrogen-bond donors (Lipinski definition) is 1. The summed E-state index contributed by atoms with van der Waals surface area (Å²) in [5.41, 5.74) is 2.03. The second-order valence-corrected chi connectivity index (χ2v) is 6.04. The fourth-order valence-electron chi connectivity index (χ4n) is 2.43. The van der Waals surface area contributed by atoms with Crippen LogP contribution in [0.4, 0.5) is 10.1 Å². The molecular formula is C14H19BrFN. The molecule has 0 amide bonds. The molecule has 0 heterocycles. The van der Waals surface area contributed by atoms with Crippen molar-refractivity contribution in [2.45, 2.75) is 45.6 Å². The highest BCUT2D eigenvalue weighted by Gasteiger charge is 2.18. The first-order valence-electron chi connectivity index (χ1n) is 6.28. The highest BCUT2D eigenvalue weighted by Crippen LogP contribution is 2.29. The molecule has 0 saturated heterocycles. The molecule has 0 bridgehead atoms. The molecular weight excluding hydrogens is 281 g/mol. The topological polar surface area (TPSA) is 12.0 Å². The number of aryl methyl sites for hydroxylation is 1. The molecule has 1 N–H and O–H groups in total. The van der Waals surface area contributed by atoms with Gasteiger partial charge in [0.2, 0.25) is 0 Å². The normalized spacial score (nSPS) is 24.7. The smallest absolute Gasteiger partial charge is 0.139 e. The van der Waals surface area contributed by atoms with E-state index in [9.17, 15) is 4.39 Å². The molecule has 1 fully saturated rings. The van der Waals surface area contributed by atoms with Crippen LogP contribution in [0.25, 0.3) is 0 Å². The molecule has 0 aromatic heterocycles. The molecule has 17 heavy (non-hydrogen) atoms. The first-order valence-corrected chi connectivity index (χ1v) is 7.07. The maximum atomic E-state index is 13.5. The summed E-state index contributed by atoms with van der Waals surface area (Å²) in [6.07, 6.45) is 4.93. The van der Waals surface area contributed by atoms with Crippen LogP contribution in [-0.4, -0.2) is 6.04 Å². The van der Waals surface area contributed by atoms with Gasteiger partial charge in [0.05, 0.1) is 4.47 Å². The van der Waals surface area contributed by atoms with Crippen molar-refractivity contribution in [3.05, 3.63) is 28.0 Å². The maximum absolute atomic E-state index is 13.5. The zero-order chi connectivity index (χ0) is 12.4. The third-order valence-electron chi connectivity index (χ3n) is 3.64. The van der Waals surface area contributed by atoms with E-state index < -0.39 is 0 Å². The van der Waals surface area contributed by atoms with Gasteiger partial charge in [0.1, 0.15) is 5.82 Å². The SMILES string of the molecule is Cc1cc(Br)c(F)cc1NC1CCC(C)CC1. The quantitative estimate of drug-likeness (QED) is 0.820. The van der Waals surface area contributed by atoms with Gasteiger partial charge in [-0.3, -0.25) is 0 Å². The van der Waals surface area contributed by atoms with Crippen molar-refractivity contribution >= 4 is 21.6 Å². The van der Waals surface area contributed by atoms with Crippen LogP contribution >= 0.6 is 15.9 Å². The Morgan fingerprint density at radius 3 is 2.53 bits per heavy atom. The number of rotatable bonds is 2. The van der Waals surface area contributed by atoms with E-state index in [0.717, 1.165) is 17.2 Å². The van der Waals surface area contributed by atoms with Crippen LogP contribution in [0.3, 0.4) is 0 Å². The standard InChI is InChI=1S/C14H19BrFN/c1-9-3-5-11(6-4-9)17-14-8-13(16)12(15)7-10(14)2/h7-9,11,17H,3-6H2,1-2H3. The molecule has 0 unspecified atom stereocenters. The van der Waals surface area contributed by atoms with Gasteiger partial charge in [-0.05, 0) is 72.2 Å². The molecule has 0 aliphatic heterocycles. The Balaban J connectivity index is 2.06. The molecule has 1 aliphatic rings. The van der Waals surface area contributed by atoms with E-state index in [4.69, 9.17) is 0 Å². The zero-order valence-electron chi connectivity index (χ0n) is 10.4. The third kappa shape index (κ3) is 3.21. The lowest BCUT2D eigenvalue weighted by Gasteiger charge is -2.28. The summed E-state index contributed by atoms with van der Waals surface area (Å²) in [6.45, 7) is 4.32. The van der Waals surface area contributed by atoms with Gasteiger partial charge in [-0.15, -0.1) is 0 Å². The van der Waals surface area contributed by atoms with Gasteiger partial charge in [0, 0.05) is 11.7 Å². The van der Waals surface area contributed by atoms with Crippen molar-refractivity contribution in [3.8, 4) is 0 Å². The second-order valence-electron chi connectivity index (χ2n) is 5.18. The Kier molecular flexibility index (Phi) is 4.08. The molecule has 1 aromatic carbocycles. The van der Waals surface area contributed by atoms with Crippen molar-refractivity contribution in [2.24, 2.45) is 5.92 Å². The van der Waals surface area contributed by atoms with Gasteiger partial charge in [0.15, 0.2) is 0 Å². The average molecular weight is 300 g/mol. The summed E-state index contributed by atoms with van der Waals surface area (Å²) in [6, 6.07) is 3.94. The number of anilines is 1. The lowest BCUT2D eigenvalue weighted by atomic mass is 9.87. The second kappa shape index (κ2) is 5.38. The van der Waals surface area contributed by atoms with Crippen molar-refractivity contribution in [2.75, 3.05) is 5.32 Å². The van der Waals surface area contributed by atoms with Gasteiger partial charge in [-0.1, -0.05) is 6.92 Å². The van der Waals surface area contributed by atoms with E-state index in [-0.39, 0.29) is 5.82 Å². The summed E-state index contributed by atoms with van der Waals surface area (Å²) in [7, 11) is 0. The van der Waals surface area contributed by atoms with Gasteiger partial charge < -0.3 is 5.32 Å². The van der Waals surface area contributed by atoms with Crippen LogP contribution in [0.2, 0.25) is 0 Å². The molecule has 0 radical (unpaired) electrons. The predicted octanol–water partition coefficient (Wildman–Crippen LogP) is 4.89. The number of nitrogens with one attached hydrogen (secondary N) is 1. The van der Waals surface area contributed by atoms with E-state index in [0.29, 0.717) is 10.5 Å². The fraction of sp³-hybridized carbons (Fsp3) is 0.571. The van der Waals surface area contributed by atoms with Crippen molar-refractivity contribution in [1.82, 2.24) is 0 Å². The van der Waals surface area contributed by atoms with Crippen LogP contribution in [0, 0.1) is 18.7 Å². The van der Waals surface area contributed by atoms with E-state index in [2.05, 4.69) is 28.2 Å². The molecule has 3 heteroatoms. The van der Waals surface area contributed by atoms with E-state index in [1.165, 1.54) is 25.7 Å². The van der Waals surface area contributed by atoms with Gasteiger partial charge in [0.25, 0.3) is 0 Å². The maximum Gasteiger partial charge on any atom is 0.139 e. The highest BCUT2D eigenvalue weighted by atomic mass is 79.9. The van der Waals surface area contributed by atoms with Crippen LogP contribution in [0.1, 0.15) is 38.2 Å². The molecule has 1 aliphatic carbocycles. The Labute approximate surface area is 111 Å².